The number of hydrogen-bond acceptors (Lipinski definition) is 4. The van der Waals surface area contributed by atoms with E-state index in [0.717, 1.165) is 12.0 Å². The molecule has 5 nitrogen and oxygen atoms in total. The van der Waals surface area contributed by atoms with Gasteiger partial charge in [-0.3, -0.25) is 4.79 Å². The number of sulfonamides is 1. The zero-order valence-corrected chi connectivity index (χ0v) is 11.9. The molecule has 0 amide bonds. The quantitative estimate of drug-likeness (QED) is 0.605. The van der Waals surface area contributed by atoms with Crippen LogP contribution in [-0.4, -0.2) is 33.3 Å². The Morgan fingerprint density at radius 1 is 1.39 bits per heavy atom. The Hall–Kier alpha value is -0.880. The molecule has 0 heterocycles. The van der Waals surface area contributed by atoms with Crippen molar-refractivity contribution in [2.75, 3.05) is 13.7 Å². The van der Waals surface area contributed by atoms with Crippen molar-refractivity contribution >= 4 is 16.0 Å². The van der Waals surface area contributed by atoms with Crippen LogP contribution in [0.3, 0.4) is 0 Å². The first-order chi connectivity index (χ1) is 8.38. The van der Waals surface area contributed by atoms with Gasteiger partial charge in [-0.2, -0.15) is 0 Å². The summed E-state index contributed by atoms with van der Waals surface area (Å²) in [6, 6.07) is 0. The summed E-state index contributed by atoms with van der Waals surface area (Å²) in [7, 11) is -2.16. The van der Waals surface area contributed by atoms with Crippen molar-refractivity contribution < 1.29 is 17.9 Å². The molecule has 0 aromatic heterocycles. The van der Waals surface area contributed by atoms with E-state index in [9.17, 15) is 13.2 Å². The van der Waals surface area contributed by atoms with E-state index >= 15 is 0 Å². The fourth-order valence-corrected chi connectivity index (χ4v) is 3.87. The van der Waals surface area contributed by atoms with E-state index in [-0.39, 0.29) is 6.54 Å². The van der Waals surface area contributed by atoms with Crippen LogP contribution in [0, 0.1) is 5.92 Å². The number of carbonyl (C=O) groups excluding carboxylic acids is 1. The minimum Gasteiger partial charge on any atom is -0.469 e. The van der Waals surface area contributed by atoms with Crippen LogP contribution in [0.5, 0.6) is 0 Å². The van der Waals surface area contributed by atoms with Gasteiger partial charge in [-0.05, 0) is 26.7 Å². The topological polar surface area (TPSA) is 72.5 Å². The second-order valence-corrected chi connectivity index (χ2v) is 6.76. The van der Waals surface area contributed by atoms with Crippen LogP contribution in [0.15, 0.2) is 11.6 Å². The highest BCUT2D eigenvalue weighted by Gasteiger charge is 2.41. The summed E-state index contributed by atoms with van der Waals surface area (Å²) in [4.78, 5) is 11.5. The van der Waals surface area contributed by atoms with E-state index in [4.69, 9.17) is 0 Å². The lowest BCUT2D eigenvalue weighted by Crippen LogP contribution is -2.39. The number of carbonyl (C=O) groups is 1. The fourth-order valence-electron chi connectivity index (χ4n) is 2.19. The molecule has 6 heteroatoms. The Morgan fingerprint density at radius 3 is 2.61 bits per heavy atom. The average Bonchev–Trinajstić information content (AvgIpc) is 2.76. The molecule has 1 fully saturated rings. The summed E-state index contributed by atoms with van der Waals surface area (Å²) < 4.78 is 31.4. The van der Waals surface area contributed by atoms with E-state index in [1.54, 1.807) is 6.08 Å². The van der Waals surface area contributed by atoms with Crippen LogP contribution in [0.2, 0.25) is 0 Å². The summed E-state index contributed by atoms with van der Waals surface area (Å²) in [5.74, 6) is -0.954. The Morgan fingerprint density at radius 2 is 2.06 bits per heavy atom. The molecule has 18 heavy (non-hydrogen) atoms. The lowest BCUT2D eigenvalue weighted by molar-refractivity contribution is -0.145. The maximum absolute atomic E-state index is 12.1. The summed E-state index contributed by atoms with van der Waals surface area (Å²) >= 11 is 0. The summed E-state index contributed by atoms with van der Waals surface area (Å²) in [5, 5.41) is -0.657. The molecule has 0 aromatic carbocycles. The third kappa shape index (κ3) is 3.81. The van der Waals surface area contributed by atoms with E-state index in [2.05, 4.69) is 9.46 Å². The van der Waals surface area contributed by atoms with E-state index in [0.29, 0.717) is 12.8 Å². The minimum absolute atomic E-state index is 0.273. The van der Waals surface area contributed by atoms with Crippen molar-refractivity contribution in [3.63, 3.8) is 0 Å². The molecule has 1 saturated carbocycles. The smallest absolute Gasteiger partial charge is 0.310 e. The van der Waals surface area contributed by atoms with Crippen LogP contribution < -0.4 is 4.72 Å². The molecule has 0 saturated heterocycles. The lowest BCUT2D eigenvalue weighted by Gasteiger charge is -2.18. The zero-order chi connectivity index (χ0) is 13.8. The van der Waals surface area contributed by atoms with Crippen LogP contribution in [0.1, 0.15) is 33.1 Å². The standard InChI is InChI=1S/C12H21NO4S/c1-9(2)7-8-13-18(15,16)11-6-4-5-10(11)12(14)17-3/h7,10-11,13H,4-6,8H2,1-3H3. The van der Waals surface area contributed by atoms with Gasteiger partial charge in [0, 0.05) is 6.54 Å². The second-order valence-electron chi connectivity index (χ2n) is 4.77. The van der Waals surface area contributed by atoms with Gasteiger partial charge in [-0.1, -0.05) is 18.1 Å². The first-order valence-corrected chi connectivity index (χ1v) is 7.62. The van der Waals surface area contributed by atoms with Crippen LogP contribution in [0.4, 0.5) is 0 Å². The van der Waals surface area contributed by atoms with Crippen molar-refractivity contribution in [3.8, 4) is 0 Å². The monoisotopic (exact) mass is 275 g/mol. The number of rotatable bonds is 5. The Labute approximate surface area is 109 Å². The van der Waals surface area contributed by atoms with Crippen LogP contribution in [0.25, 0.3) is 0 Å². The Bertz CT molecular complexity index is 423. The average molecular weight is 275 g/mol. The van der Waals surface area contributed by atoms with Gasteiger partial charge in [-0.15, -0.1) is 0 Å². The maximum Gasteiger partial charge on any atom is 0.310 e. The molecule has 1 aliphatic carbocycles. The highest BCUT2D eigenvalue weighted by Crippen LogP contribution is 2.31. The number of allylic oxidation sites excluding steroid dienone is 1. The summed E-state index contributed by atoms with van der Waals surface area (Å²) in [5.41, 5.74) is 1.05. The normalized spacial score (nSPS) is 23.7. The van der Waals surface area contributed by atoms with Gasteiger partial charge in [0.05, 0.1) is 18.3 Å². The first-order valence-electron chi connectivity index (χ1n) is 6.08. The minimum atomic E-state index is -3.46. The molecule has 1 N–H and O–H groups in total. The molecule has 1 aliphatic rings. The van der Waals surface area contributed by atoms with Crippen molar-refractivity contribution in [1.82, 2.24) is 4.72 Å². The van der Waals surface area contributed by atoms with Crippen molar-refractivity contribution in [3.05, 3.63) is 11.6 Å². The first kappa shape index (κ1) is 15.2. The molecular formula is C12H21NO4S. The number of ether oxygens (including phenoxy) is 1. The molecule has 2 atom stereocenters. The fraction of sp³-hybridized carbons (Fsp3) is 0.750. The van der Waals surface area contributed by atoms with Crippen molar-refractivity contribution in [2.24, 2.45) is 5.92 Å². The largest absolute Gasteiger partial charge is 0.469 e. The van der Waals surface area contributed by atoms with Gasteiger partial charge in [-0.25, -0.2) is 13.1 Å². The highest BCUT2D eigenvalue weighted by molar-refractivity contribution is 7.90. The molecule has 1 rings (SSSR count). The SMILES string of the molecule is COC(=O)C1CCCC1S(=O)(=O)NCC=C(C)C. The lowest BCUT2D eigenvalue weighted by atomic mass is 10.1. The van der Waals surface area contributed by atoms with Crippen molar-refractivity contribution in [1.29, 1.82) is 0 Å². The van der Waals surface area contributed by atoms with Gasteiger partial charge < -0.3 is 4.74 Å². The third-order valence-corrected chi connectivity index (χ3v) is 5.08. The predicted octanol–water partition coefficient (Wildman–Crippen LogP) is 1.21. The molecule has 2 unspecified atom stereocenters. The molecule has 0 aromatic rings. The molecule has 0 aliphatic heterocycles. The number of nitrogens with one attached hydrogen (secondary N) is 1. The maximum atomic E-state index is 12.1. The molecule has 0 bridgehead atoms. The van der Waals surface area contributed by atoms with Crippen molar-refractivity contribution in [2.45, 2.75) is 38.4 Å². The van der Waals surface area contributed by atoms with Gasteiger partial charge >= 0.3 is 5.97 Å². The second kappa shape index (κ2) is 6.33. The van der Waals surface area contributed by atoms with E-state index in [1.807, 2.05) is 13.8 Å². The number of hydrogen-bond donors (Lipinski definition) is 1. The molecule has 0 radical (unpaired) electrons. The van der Waals surface area contributed by atoms with Crippen LogP contribution in [-0.2, 0) is 19.6 Å². The molecule has 104 valence electrons. The van der Waals surface area contributed by atoms with E-state index < -0.39 is 27.2 Å². The summed E-state index contributed by atoms with van der Waals surface area (Å²) in [6.07, 6.45) is 3.65. The highest BCUT2D eigenvalue weighted by atomic mass is 32.2. The van der Waals surface area contributed by atoms with E-state index in [1.165, 1.54) is 7.11 Å². The van der Waals surface area contributed by atoms with Gasteiger partial charge in [0.2, 0.25) is 10.0 Å². The predicted molar refractivity (Wildman–Crippen MR) is 69.5 cm³/mol. The zero-order valence-electron chi connectivity index (χ0n) is 11.1. The van der Waals surface area contributed by atoms with Gasteiger partial charge in [0.25, 0.3) is 0 Å². The third-order valence-electron chi connectivity index (χ3n) is 3.15. The number of esters is 1. The summed E-state index contributed by atoms with van der Waals surface area (Å²) in [6.45, 7) is 4.08. The van der Waals surface area contributed by atoms with Gasteiger partial charge in [0.1, 0.15) is 0 Å². The van der Waals surface area contributed by atoms with Crippen LogP contribution >= 0.6 is 0 Å². The molecule has 0 spiro atoms. The molecular weight excluding hydrogens is 254 g/mol. The Balaban J connectivity index is 2.72. The number of methoxy groups -OCH3 is 1. The Kier molecular flexibility index (Phi) is 5.34. The van der Waals surface area contributed by atoms with Gasteiger partial charge in [0.15, 0.2) is 0 Å².